The third kappa shape index (κ3) is 3.76. The minimum absolute atomic E-state index is 0.0133. The van der Waals surface area contributed by atoms with Crippen LogP contribution in [0.15, 0.2) is 69.9 Å². The molecule has 0 N–H and O–H groups in total. The van der Waals surface area contributed by atoms with Crippen LogP contribution in [0, 0.1) is 0 Å². The van der Waals surface area contributed by atoms with Crippen molar-refractivity contribution in [3.8, 4) is 5.75 Å². The number of methoxy groups -OCH3 is 1. The molecule has 0 saturated carbocycles. The summed E-state index contributed by atoms with van der Waals surface area (Å²) in [6.07, 6.45) is 0. The lowest BCUT2D eigenvalue weighted by Crippen LogP contribution is -2.29. The van der Waals surface area contributed by atoms with E-state index < -0.39 is 6.04 Å². The fourth-order valence-electron chi connectivity index (χ4n) is 4.11. The lowest BCUT2D eigenvalue weighted by molar-refractivity contribution is 0.0714. The molecule has 0 fully saturated rings. The first-order chi connectivity index (χ1) is 15.9. The van der Waals surface area contributed by atoms with Crippen molar-refractivity contribution in [1.29, 1.82) is 0 Å². The Kier molecular flexibility index (Phi) is 5.57. The first kappa shape index (κ1) is 21.8. The zero-order valence-corrected chi connectivity index (χ0v) is 19.5. The van der Waals surface area contributed by atoms with Gasteiger partial charge in [0.25, 0.3) is 5.91 Å². The maximum absolute atomic E-state index is 13.6. The molecular formula is C25H16Cl3NO4. The zero-order valence-electron chi connectivity index (χ0n) is 17.3. The van der Waals surface area contributed by atoms with Crippen molar-refractivity contribution in [3.05, 3.63) is 108 Å². The summed E-state index contributed by atoms with van der Waals surface area (Å²) in [7, 11) is 1.59. The summed E-state index contributed by atoms with van der Waals surface area (Å²) in [4.78, 5) is 28.7. The summed E-state index contributed by atoms with van der Waals surface area (Å²) < 4.78 is 11.2. The molecular weight excluding hydrogens is 485 g/mol. The third-order valence-corrected chi connectivity index (χ3v) is 6.67. The Balaban J connectivity index is 1.70. The molecule has 0 radical (unpaired) electrons. The lowest BCUT2D eigenvalue weighted by atomic mass is 9.98. The van der Waals surface area contributed by atoms with Crippen LogP contribution in [0.25, 0.3) is 11.0 Å². The normalized spacial score (nSPS) is 15.2. The van der Waals surface area contributed by atoms with Crippen molar-refractivity contribution in [2.24, 2.45) is 0 Å². The monoisotopic (exact) mass is 499 g/mol. The fraction of sp³-hybridized carbons (Fsp3) is 0.120. The Labute approximate surface area is 204 Å². The number of nitrogens with zero attached hydrogens (tertiary/aromatic N) is 1. The first-order valence-corrected chi connectivity index (χ1v) is 11.2. The Morgan fingerprint density at radius 2 is 1.70 bits per heavy atom. The van der Waals surface area contributed by atoms with Gasteiger partial charge in [-0.3, -0.25) is 9.59 Å². The Hall–Kier alpha value is -2.99. The van der Waals surface area contributed by atoms with Gasteiger partial charge in [0.05, 0.1) is 34.1 Å². The number of amides is 1. The molecule has 1 unspecified atom stereocenters. The van der Waals surface area contributed by atoms with Gasteiger partial charge in [0.1, 0.15) is 11.3 Å². The number of rotatable bonds is 4. The average Bonchev–Trinajstić information content (AvgIpc) is 3.08. The van der Waals surface area contributed by atoms with E-state index in [0.717, 1.165) is 5.56 Å². The second-order valence-corrected chi connectivity index (χ2v) is 8.92. The van der Waals surface area contributed by atoms with Crippen LogP contribution in [-0.2, 0) is 6.54 Å². The number of carbonyl (C=O) groups excluding carboxylic acids is 1. The molecule has 33 heavy (non-hydrogen) atoms. The molecule has 2 heterocycles. The Bertz CT molecular complexity index is 1460. The summed E-state index contributed by atoms with van der Waals surface area (Å²) >= 11 is 18.5. The van der Waals surface area contributed by atoms with Crippen LogP contribution in [0.5, 0.6) is 5.75 Å². The van der Waals surface area contributed by atoms with E-state index in [1.165, 1.54) is 0 Å². The molecule has 1 aromatic heterocycles. The number of benzene rings is 3. The molecule has 1 aliphatic rings. The number of ether oxygens (including phenoxy) is 1. The molecule has 3 aromatic carbocycles. The molecule has 8 heteroatoms. The van der Waals surface area contributed by atoms with Crippen LogP contribution in [0.4, 0.5) is 0 Å². The summed E-state index contributed by atoms with van der Waals surface area (Å²) in [6, 6.07) is 16.5. The van der Waals surface area contributed by atoms with Crippen molar-refractivity contribution in [1.82, 2.24) is 4.90 Å². The fourth-order valence-corrected chi connectivity index (χ4v) is 4.59. The maximum Gasteiger partial charge on any atom is 0.291 e. The van der Waals surface area contributed by atoms with Crippen LogP contribution >= 0.6 is 34.8 Å². The van der Waals surface area contributed by atoms with Gasteiger partial charge in [-0.1, -0.05) is 53.0 Å². The van der Waals surface area contributed by atoms with E-state index in [-0.39, 0.29) is 29.2 Å². The molecule has 1 aliphatic heterocycles. The standard InChI is InChI=1S/C25H16Cl3NO4/c1-32-16-6-2-13(3-7-16)12-29-22(14-4-8-18(27)19(28)10-14)21-23(30)17-11-15(26)5-9-20(17)33-24(21)25(29)31/h2-11,22H,12H2,1H3. The highest BCUT2D eigenvalue weighted by Crippen LogP contribution is 2.41. The molecule has 5 rings (SSSR count). The van der Waals surface area contributed by atoms with Gasteiger partial charge in [0, 0.05) is 11.6 Å². The number of hydrogen-bond donors (Lipinski definition) is 0. The summed E-state index contributed by atoms with van der Waals surface area (Å²) in [6.45, 7) is 0.245. The molecule has 1 amide bonds. The number of hydrogen-bond acceptors (Lipinski definition) is 4. The second-order valence-electron chi connectivity index (χ2n) is 7.67. The molecule has 166 valence electrons. The third-order valence-electron chi connectivity index (χ3n) is 5.70. The average molecular weight is 501 g/mol. The van der Waals surface area contributed by atoms with E-state index in [0.29, 0.717) is 37.4 Å². The number of carbonyl (C=O) groups is 1. The van der Waals surface area contributed by atoms with Crippen molar-refractivity contribution < 1.29 is 13.9 Å². The Morgan fingerprint density at radius 3 is 2.39 bits per heavy atom. The predicted octanol–water partition coefficient (Wildman–Crippen LogP) is 6.51. The van der Waals surface area contributed by atoms with E-state index in [9.17, 15) is 9.59 Å². The quantitative estimate of drug-likeness (QED) is 0.321. The van der Waals surface area contributed by atoms with Gasteiger partial charge in [-0.05, 0) is 53.6 Å². The molecule has 4 aromatic rings. The van der Waals surface area contributed by atoms with Crippen molar-refractivity contribution in [2.75, 3.05) is 7.11 Å². The number of halogens is 3. The molecule has 1 atom stereocenters. The minimum Gasteiger partial charge on any atom is -0.497 e. The largest absolute Gasteiger partial charge is 0.497 e. The topological polar surface area (TPSA) is 59.8 Å². The van der Waals surface area contributed by atoms with Crippen molar-refractivity contribution in [3.63, 3.8) is 0 Å². The van der Waals surface area contributed by atoms with E-state index in [4.69, 9.17) is 44.0 Å². The number of fused-ring (bicyclic) bond motifs is 2. The van der Waals surface area contributed by atoms with Crippen LogP contribution in [0.3, 0.4) is 0 Å². The van der Waals surface area contributed by atoms with Gasteiger partial charge >= 0.3 is 0 Å². The highest BCUT2D eigenvalue weighted by atomic mass is 35.5. The van der Waals surface area contributed by atoms with Gasteiger partial charge in [-0.2, -0.15) is 0 Å². The smallest absolute Gasteiger partial charge is 0.291 e. The maximum atomic E-state index is 13.6. The second kappa shape index (κ2) is 8.41. The molecule has 0 spiro atoms. The molecule has 0 bridgehead atoms. The SMILES string of the molecule is COc1ccc(CN2C(=O)c3oc4ccc(Cl)cc4c(=O)c3C2c2ccc(Cl)c(Cl)c2)cc1. The van der Waals surface area contributed by atoms with Crippen molar-refractivity contribution >= 4 is 51.7 Å². The van der Waals surface area contributed by atoms with E-state index in [1.807, 2.05) is 24.3 Å². The molecule has 0 saturated heterocycles. The van der Waals surface area contributed by atoms with Crippen LogP contribution in [0.2, 0.25) is 15.1 Å². The zero-order chi connectivity index (χ0) is 23.3. The van der Waals surface area contributed by atoms with Gasteiger partial charge in [0.2, 0.25) is 5.76 Å². The van der Waals surface area contributed by atoms with Crippen LogP contribution < -0.4 is 10.2 Å². The van der Waals surface area contributed by atoms with Crippen LogP contribution in [0.1, 0.15) is 33.3 Å². The predicted molar refractivity (Wildman–Crippen MR) is 129 cm³/mol. The lowest BCUT2D eigenvalue weighted by Gasteiger charge is -2.25. The first-order valence-electron chi connectivity index (χ1n) is 10.0. The highest BCUT2D eigenvalue weighted by Gasteiger charge is 2.42. The summed E-state index contributed by atoms with van der Waals surface area (Å²) in [5, 5.41) is 1.42. The van der Waals surface area contributed by atoms with Gasteiger partial charge < -0.3 is 14.1 Å². The van der Waals surface area contributed by atoms with E-state index in [1.54, 1.807) is 48.4 Å². The van der Waals surface area contributed by atoms with E-state index in [2.05, 4.69) is 0 Å². The van der Waals surface area contributed by atoms with Gasteiger partial charge in [-0.15, -0.1) is 0 Å². The molecule has 0 aliphatic carbocycles. The van der Waals surface area contributed by atoms with Crippen LogP contribution in [-0.4, -0.2) is 17.9 Å². The van der Waals surface area contributed by atoms with Gasteiger partial charge in [-0.25, -0.2) is 0 Å². The Morgan fingerprint density at radius 1 is 0.939 bits per heavy atom. The highest BCUT2D eigenvalue weighted by molar-refractivity contribution is 6.42. The van der Waals surface area contributed by atoms with Crippen molar-refractivity contribution in [2.45, 2.75) is 12.6 Å². The minimum atomic E-state index is -0.705. The van der Waals surface area contributed by atoms with E-state index >= 15 is 0 Å². The summed E-state index contributed by atoms with van der Waals surface area (Å²) in [5.74, 6) is 0.334. The molecule has 5 nitrogen and oxygen atoms in total. The van der Waals surface area contributed by atoms with Gasteiger partial charge in [0.15, 0.2) is 5.43 Å². The summed E-state index contributed by atoms with van der Waals surface area (Å²) in [5.41, 5.74) is 1.76.